The van der Waals surface area contributed by atoms with Gasteiger partial charge in [0.05, 0.1) is 7.11 Å². The van der Waals surface area contributed by atoms with E-state index < -0.39 is 0 Å². The Labute approximate surface area is 126 Å². The fourth-order valence-electron chi connectivity index (χ4n) is 2.85. The van der Waals surface area contributed by atoms with Gasteiger partial charge in [-0.25, -0.2) is 0 Å². The SMILES string of the molecule is COc1ccccc1C1(CNC(=O)C(C)C)CCOCC1. The first kappa shape index (κ1) is 15.8. The number of methoxy groups -OCH3 is 1. The summed E-state index contributed by atoms with van der Waals surface area (Å²) in [5.74, 6) is 0.980. The lowest BCUT2D eigenvalue weighted by Crippen LogP contribution is -2.45. The zero-order valence-electron chi connectivity index (χ0n) is 13.1. The van der Waals surface area contributed by atoms with Crippen molar-refractivity contribution in [3.8, 4) is 5.75 Å². The van der Waals surface area contributed by atoms with Crippen LogP contribution in [0.1, 0.15) is 32.3 Å². The van der Waals surface area contributed by atoms with E-state index in [4.69, 9.17) is 9.47 Å². The second-order valence-corrected chi connectivity index (χ2v) is 5.97. The van der Waals surface area contributed by atoms with Crippen LogP contribution in [0.3, 0.4) is 0 Å². The van der Waals surface area contributed by atoms with Gasteiger partial charge < -0.3 is 14.8 Å². The van der Waals surface area contributed by atoms with Gasteiger partial charge in [0, 0.05) is 36.7 Å². The van der Waals surface area contributed by atoms with Crippen LogP contribution in [0.15, 0.2) is 24.3 Å². The maximum absolute atomic E-state index is 11.9. The van der Waals surface area contributed by atoms with Gasteiger partial charge in [-0.05, 0) is 18.9 Å². The van der Waals surface area contributed by atoms with Crippen LogP contribution < -0.4 is 10.1 Å². The van der Waals surface area contributed by atoms with Crippen LogP contribution in [0, 0.1) is 5.92 Å². The topological polar surface area (TPSA) is 47.6 Å². The molecule has 0 aliphatic carbocycles. The molecule has 1 aromatic rings. The molecular formula is C17H25NO3. The van der Waals surface area contributed by atoms with Crippen LogP contribution in [-0.4, -0.2) is 32.8 Å². The molecule has 0 radical (unpaired) electrons. The normalized spacial score (nSPS) is 17.5. The number of carbonyl (C=O) groups is 1. The molecule has 0 unspecified atom stereocenters. The van der Waals surface area contributed by atoms with E-state index in [2.05, 4.69) is 11.4 Å². The number of benzene rings is 1. The summed E-state index contributed by atoms with van der Waals surface area (Å²) in [4.78, 5) is 11.9. The molecule has 1 N–H and O–H groups in total. The molecule has 0 saturated carbocycles. The van der Waals surface area contributed by atoms with Gasteiger partial charge in [0.2, 0.25) is 5.91 Å². The summed E-state index contributed by atoms with van der Waals surface area (Å²) in [6.07, 6.45) is 1.79. The number of amides is 1. The molecule has 0 spiro atoms. The second-order valence-electron chi connectivity index (χ2n) is 5.97. The third kappa shape index (κ3) is 3.56. The summed E-state index contributed by atoms with van der Waals surface area (Å²) in [6, 6.07) is 8.09. The minimum atomic E-state index is -0.102. The molecule has 4 nitrogen and oxygen atoms in total. The molecule has 1 aromatic carbocycles. The molecule has 1 aliphatic heterocycles. The molecule has 1 saturated heterocycles. The summed E-state index contributed by atoms with van der Waals surface area (Å²) >= 11 is 0. The van der Waals surface area contributed by atoms with Crippen molar-refractivity contribution in [2.45, 2.75) is 32.1 Å². The fourth-order valence-corrected chi connectivity index (χ4v) is 2.85. The molecule has 21 heavy (non-hydrogen) atoms. The first-order valence-corrected chi connectivity index (χ1v) is 7.58. The number of para-hydroxylation sites is 1. The van der Waals surface area contributed by atoms with Crippen molar-refractivity contribution in [3.63, 3.8) is 0 Å². The predicted molar refractivity (Wildman–Crippen MR) is 82.6 cm³/mol. The highest BCUT2D eigenvalue weighted by Crippen LogP contribution is 2.39. The third-order valence-electron chi connectivity index (χ3n) is 4.25. The summed E-state index contributed by atoms with van der Waals surface area (Å²) in [5.41, 5.74) is 1.06. The van der Waals surface area contributed by atoms with Crippen LogP contribution >= 0.6 is 0 Å². The van der Waals surface area contributed by atoms with Crippen LogP contribution in [0.5, 0.6) is 5.75 Å². The molecule has 0 aromatic heterocycles. The molecule has 116 valence electrons. The maximum atomic E-state index is 11.9. The molecule has 0 atom stereocenters. The molecular weight excluding hydrogens is 266 g/mol. The minimum absolute atomic E-state index is 0.000408. The molecule has 4 heteroatoms. The zero-order valence-corrected chi connectivity index (χ0v) is 13.1. The number of nitrogens with one attached hydrogen (secondary N) is 1. The van der Waals surface area contributed by atoms with Crippen LogP contribution in [0.2, 0.25) is 0 Å². The van der Waals surface area contributed by atoms with Crippen molar-refractivity contribution in [2.24, 2.45) is 5.92 Å². The lowest BCUT2D eigenvalue weighted by atomic mass is 9.73. The molecule has 1 amide bonds. The summed E-state index contributed by atoms with van der Waals surface area (Å²) in [7, 11) is 1.69. The quantitative estimate of drug-likeness (QED) is 0.907. The Kier molecular flexibility index (Phi) is 5.23. The molecule has 1 fully saturated rings. The Balaban J connectivity index is 2.26. The number of hydrogen-bond donors (Lipinski definition) is 1. The van der Waals surface area contributed by atoms with E-state index in [-0.39, 0.29) is 17.2 Å². The summed E-state index contributed by atoms with van der Waals surface area (Å²) in [6.45, 7) is 5.89. The monoisotopic (exact) mass is 291 g/mol. The van der Waals surface area contributed by atoms with Crippen molar-refractivity contribution in [2.75, 3.05) is 26.9 Å². The average molecular weight is 291 g/mol. The Morgan fingerprint density at radius 1 is 1.33 bits per heavy atom. The van der Waals surface area contributed by atoms with Gasteiger partial charge in [0.1, 0.15) is 5.75 Å². The Morgan fingerprint density at radius 2 is 2.00 bits per heavy atom. The lowest BCUT2D eigenvalue weighted by molar-refractivity contribution is -0.124. The van der Waals surface area contributed by atoms with E-state index in [1.165, 1.54) is 5.56 Å². The van der Waals surface area contributed by atoms with E-state index in [0.717, 1.165) is 31.8 Å². The highest BCUT2D eigenvalue weighted by atomic mass is 16.5. The second kappa shape index (κ2) is 6.94. The molecule has 0 bridgehead atoms. The minimum Gasteiger partial charge on any atom is -0.496 e. The van der Waals surface area contributed by atoms with Gasteiger partial charge >= 0.3 is 0 Å². The van der Waals surface area contributed by atoms with E-state index in [9.17, 15) is 4.79 Å². The van der Waals surface area contributed by atoms with Crippen molar-refractivity contribution in [1.29, 1.82) is 0 Å². The first-order valence-electron chi connectivity index (χ1n) is 7.58. The Bertz CT molecular complexity index is 479. The van der Waals surface area contributed by atoms with E-state index in [0.29, 0.717) is 6.54 Å². The highest BCUT2D eigenvalue weighted by molar-refractivity contribution is 5.78. The highest BCUT2D eigenvalue weighted by Gasteiger charge is 2.37. The fraction of sp³-hybridized carbons (Fsp3) is 0.588. The summed E-state index contributed by atoms with van der Waals surface area (Å²) in [5, 5.41) is 3.09. The van der Waals surface area contributed by atoms with Crippen molar-refractivity contribution in [3.05, 3.63) is 29.8 Å². The van der Waals surface area contributed by atoms with Gasteiger partial charge in [-0.1, -0.05) is 32.0 Å². The van der Waals surface area contributed by atoms with Crippen LogP contribution in [-0.2, 0) is 14.9 Å². The molecule has 2 rings (SSSR count). The third-order valence-corrected chi connectivity index (χ3v) is 4.25. The zero-order chi connectivity index (χ0) is 15.3. The number of rotatable bonds is 5. The maximum Gasteiger partial charge on any atom is 0.222 e. The Hall–Kier alpha value is -1.55. The van der Waals surface area contributed by atoms with Crippen molar-refractivity contribution >= 4 is 5.91 Å². The first-order chi connectivity index (χ1) is 10.1. The average Bonchev–Trinajstić information content (AvgIpc) is 2.53. The van der Waals surface area contributed by atoms with E-state index in [1.807, 2.05) is 32.0 Å². The number of carbonyl (C=O) groups excluding carboxylic acids is 1. The van der Waals surface area contributed by atoms with Gasteiger partial charge in [-0.3, -0.25) is 4.79 Å². The predicted octanol–water partition coefficient (Wildman–Crippen LogP) is 2.52. The number of hydrogen-bond acceptors (Lipinski definition) is 3. The standard InChI is InChI=1S/C17H25NO3/c1-13(2)16(19)18-12-17(8-10-21-11-9-17)14-6-4-5-7-15(14)20-3/h4-7,13H,8-12H2,1-3H3,(H,18,19). The number of ether oxygens (including phenoxy) is 2. The largest absolute Gasteiger partial charge is 0.496 e. The van der Waals surface area contributed by atoms with Gasteiger partial charge in [0.15, 0.2) is 0 Å². The van der Waals surface area contributed by atoms with Gasteiger partial charge in [0.25, 0.3) is 0 Å². The van der Waals surface area contributed by atoms with E-state index >= 15 is 0 Å². The Morgan fingerprint density at radius 3 is 2.62 bits per heavy atom. The smallest absolute Gasteiger partial charge is 0.222 e. The van der Waals surface area contributed by atoms with Crippen molar-refractivity contribution < 1.29 is 14.3 Å². The summed E-state index contributed by atoms with van der Waals surface area (Å²) < 4.78 is 11.0. The molecule has 1 aliphatic rings. The van der Waals surface area contributed by atoms with Crippen LogP contribution in [0.25, 0.3) is 0 Å². The van der Waals surface area contributed by atoms with Crippen LogP contribution in [0.4, 0.5) is 0 Å². The lowest BCUT2D eigenvalue weighted by Gasteiger charge is -2.38. The van der Waals surface area contributed by atoms with Gasteiger partial charge in [-0.2, -0.15) is 0 Å². The van der Waals surface area contributed by atoms with E-state index in [1.54, 1.807) is 7.11 Å². The van der Waals surface area contributed by atoms with Gasteiger partial charge in [-0.15, -0.1) is 0 Å². The molecule has 1 heterocycles. The van der Waals surface area contributed by atoms with Crippen molar-refractivity contribution in [1.82, 2.24) is 5.32 Å².